The molecule has 0 amide bonds. The van der Waals surface area contributed by atoms with E-state index in [4.69, 9.17) is 20.1 Å². The van der Waals surface area contributed by atoms with E-state index in [2.05, 4.69) is 4.98 Å². The molecular weight excluding hydrogens is 477 g/mol. The molecule has 188 valence electrons. The van der Waals surface area contributed by atoms with Gasteiger partial charge in [-0.1, -0.05) is 6.07 Å². The van der Waals surface area contributed by atoms with Crippen LogP contribution in [-0.4, -0.2) is 36.0 Å². The van der Waals surface area contributed by atoms with Gasteiger partial charge in [0.25, 0.3) is 0 Å². The average molecular weight is 500 g/mol. The van der Waals surface area contributed by atoms with Crippen molar-refractivity contribution in [2.75, 3.05) is 18.1 Å². The Morgan fingerprint density at radius 3 is 2.42 bits per heavy atom. The molecule has 0 saturated heterocycles. The van der Waals surface area contributed by atoms with Gasteiger partial charge in [0.1, 0.15) is 17.8 Å². The van der Waals surface area contributed by atoms with Gasteiger partial charge in [0.2, 0.25) is 0 Å². The Labute approximate surface area is 205 Å². The minimum Gasteiger partial charge on any atom is -0.465 e. The van der Waals surface area contributed by atoms with Crippen LogP contribution in [0.4, 0.5) is 18.9 Å². The van der Waals surface area contributed by atoms with Gasteiger partial charge in [-0.05, 0) is 51.1 Å². The van der Waals surface area contributed by atoms with Crippen LogP contribution in [0.15, 0.2) is 53.9 Å². The molecule has 2 heterocycles. The van der Waals surface area contributed by atoms with Gasteiger partial charge in [-0.25, -0.2) is 4.79 Å². The van der Waals surface area contributed by atoms with E-state index in [9.17, 15) is 22.8 Å². The zero-order chi connectivity index (χ0) is 26.6. The van der Waals surface area contributed by atoms with Crippen molar-refractivity contribution in [3.63, 3.8) is 0 Å². The van der Waals surface area contributed by atoms with Crippen LogP contribution in [0, 0.1) is 22.7 Å². The highest BCUT2D eigenvalue weighted by Crippen LogP contribution is 2.43. The number of ether oxygens (including phenoxy) is 2. The fourth-order valence-electron chi connectivity index (χ4n) is 4.08. The van der Waals surface area contributed by atoms with E-state index in [-0.39, 0.29) is 41.4 Å². The van der Waals surface area contributed by atoms with E-state index < -0.39 is 41.3 Å². The summed E-state index contributed by atoms with van der Waals surface area (Å²) < 4.78 is 50.7. The van der Waals surface area contributed by atoms with Crippen LogP contribution in [0.25, 0.3) is 0 Å². The molecule has 0 fully saturated rings. The highest BCUT2D eigenvalue weighted by atomic mass is 19.4. The molecule has 1 N–H and O–H groups in total. The fraction of sp³-hybridized carbons (Fsp3) is 0.320. The normalized spacial score (nSPS) is 18.0. The molecule has 11 heteroatoms. The minimum atomic E-state index is -4.65. The number of nitrogens with one attached hydrogen (secondary N) is 1. The molecule has 2 aromatic rings. The van der Waals surface area contributed by atoms with Crippen LogP contribution in [-0.2, 0) is 25.2 Å². The molecule has 2 unspecified atom stereocenters. The number of nitrogens with zero attached hydrogens (tertiary/aromatic N) is 3. The third-order valence-electron chi connectivity index (χ3n) is 5.61. The predicted octanol–water partition coefficient (Wildman–Crippen LogP) is 4.57. The lowest BCUT2D eigenvalue weighted by atomic mass is 9.77. The highest BCUT2D eigenvalue weighted by molar-refractivity contribution is 6.14. The van der Waals surface area contributed by atoms with E-state index in [1.54, 1.807) is 13.8 Å². The molecule has 0 spiro atoms. The van der Waals surface area contributed by atoms with Crippen LogP contribution in [0.5, 0.6) is 0 Å². The number of amidine groups is 1. The van der Waals surface area contributed by atoms with Gasteiger partial charge in [-0.3, -0.25) is 15.2 Å². The summed E-state index contributed by atoms with van der Waals surface area (Å²) in [4.78, 5) is 31.6. The molecule has 0 bridgehead atoms. The van der Waals surface area contributed by atoms with E-state index in [1.807, 2.05) is 6.07 Å². The topological polar surface area (TPSA) is 116 Å². The van der Waals surface area contributed by atoms with Gasteiger partial charge in [0.05, 0.1) is 35.8 Å². The second-order valence-electron chi connectivity index (χ2n) is 7.78. The number of carbonyl (C=O) groups excluding carboxylic acids is 2. The summed E-state index contributed by atoms with van der Waals surface area (Å²) in [7, 11) is 0. The van der Waals surface area contributed by atoms with Crippen molar-refractivity contribution in [3.05, 3.63) is 70.7 Å². The standard InChI is InChI=1S/C25H23F3N4O4/c1-4-35-23(33)19-14(3)32(17-8-6-7-16(11-17)25(26,27)28)22(30)21(24(34)36-5-2)20(19)18-10-9-15(12-29)13-31-18/h6-11,13,20-21,30H,4-5H2,1-3H3. The summed E-state index contributed by atoms with van der Waals surface area (Å²) >= 11 is 0. The molecule has 1 aliphatic heterocycles. The van der Waals surface area contributed by atoms with Crippen LogP contribution in [0.3, 0.4) is 0 Å². The largest absolute Gasteiger partial charge is 0.465 e. The number of hydrogen-bond donors (Lipinski definition) is 1. The maximum atomic E-state index is 13.4. The lowest BCUT2D eigenvalue weighted by Gasteiger charge is -2.40. The van der Waals surface area contributed by atoms with E-state index in [1.165, 1.54) is 37.4 Å². The number of anilines is 1. The van der Waals surface area contributed by atoms with E-state index in [0.29, 0.717) is 0 Å². The molecule has 2 atom stereocenters. The molecule has 1 aliphatic rings. The summed E-state index contributed by atoms with van der Waals surface area (Å²) in [5.74, 6) is -4.63. The highest BCUT2D eigenvalue weighted by Gasteiger charge is 2.48. The lowest BCUT2D eigenvalue weighted by Crippen LogP contribution is -2.48. The van der Waals surface area contributed by atoms with Crippen molar-refractivity contribution >= 4 is 23.5 Å². The first-order valence-electron chi connectivity index (χ1n) is 11.0. The molecule has 36 heavy (non-hydrogen) atoms. The van der Waals surface area contributed by atoms with Crippen LogP contribution in [0.1, 0.15) is 43.5 Å². The SMILES string of the molecule is CCOC(=O)C1=C(C)N(c2cccc(C(F)(F)F)c2)C(=N)C(C(=O)OCC)C1c1ccc(C#N)cn1. The van der Waals surface area contributed by atoms with Gasteiger partial charge < -0.3 is 14.4 Å². The average Bonchev–Trinajstić information content (AvgIpc) is 2.83. The number of pyridine rings is 1. The van der Waals surface area contributed by atoms with E-state index in [0.717, 1.165) is 17.0 Å². The quantitative estimate of drug-likeness (QED) is 0.578. The Hall–Kier alpha value is -4.20. The molecule has 3 rings (SSSR count). The Balaban J connectivity index is 2.31. The second kappa shape index (κ2) is 10.6. The smallest absolute Gasteiger partial charge is 0.416 e. The number of carbonyl (C=O) groups is 2. The zero-order valence-electron chi connectivity index (χ0n) is 19.7. The Morgan fingerprint density at radius 1 is 1.17 bits per heavy atom. The Kier molecular flexibility index (Phi) is 7.77. The Morgan fingerprint density at radius 2 is 1.86 bits per heavy atom. The van der Waals surface area contributed by atoms with Crippen molar-refractivity contribution < 1.29 is 32.2 Å². The molecular formula is C25H23F3N4O4. The second-order valence-corrected chi connectivity index (χ2v) is 7.78. The number of rotatable bonds is 6. The third-order valence-corrected chi connectivity index (χ3v) is 5.61. The maximum Gasteiger partial charge on any atom is 0.416 e. The summed E-state index contributed by atoms with van der Waals surface area (Å²) in [6.07, 6.45) is -3.39. The van der Waals surface area contributed by atoms with Crippen LogP contribution in [0.2, 0.25) is 0 Å². The molecule has 1 aromatic carbocycles. The first kappa shape index (κ1) is 26.4. The number of esters is 2. The van der Waals surface area contributed by atoms with Crippen molar-refractivity contribution in [3.8, 4) is 6.07 Å². The fourth-order valence-corrected chi connectivity index (χ4v) is 4.08. The summed E-state index contributed by atoms with van der Waals surface area (Å²) in [5.41, 5.74) is -0.532. The van der Waals surface area contributed by atoms with Crippen LogP contribution >= 0.6 is 0 Å². The molecule has 1 aromatic heterocycles. The van der Waals surface area contributed by atoms with Crippen molar-refractivity contribution in [1.29, 1.82) is 10.7 Å². The molecule has 0 saturated carbocycles. The maximum absolute atomic E-state index is 13.4. The number of nitriles is 1. The molecule has 8 nitrogen and oxygen atoms in total. The van der Waals surface area contributed by atoms with Gasteiger partial charge >= 0.3 is 18.1 Å². The number of benzene rings is 1. The number of hydrogen-bond acceptors (Lipinski definition) is 7. The van der Waals surface area contributed by atoms with Gasteiger partial charge in [-0.2, -0.15) is 18.4 Å². The molecule has 0 radical (unpaired) electrons. The third kappa shape index (κ3) is 5.07. The Bertz CT molecular complexity index is 1250. The molecule has 0 aliphatic carbocycles. The minimum absolute atomic E-state index is 0.00574. The first-order chi connectivity index (χ1) is 17.0. The van der Waals surface area contributed by atoms with Crippen molar-refractivity contribution in [2.24, 2.45) is 5.92 Å². The predicted molar refractivity (Wildman–Crippen MR) is 123 cm³/mol. The summed E-state index contributed by atoms with van der Waals surface area (Å²) in [6.45, 7) is 4.57. The first-order valence-corrected chi connectivity index (χ1v) is 11.0. The van der Waals surface area contributed by atoms with Gasteiger partial charge in [0, 0.05) is 23.3 Å². The van der Waals surface area contributed by atoms with Crippen molar-refractivity contribution in [2.45, 2.75) is 32.9 Å². The number of halogens is 3. The van der Waals surface area contributed by atoms with Gasteiger partial charge in [-0.15, -0.1) is 0 Å². The zero-order valence-corrected chi connectivity index (χ0v) is 19.7. The summed E-state index contributed by atoms with van der Waals surface area (Å²) in [5, 5.41) is 18.0. The monoisotopic (exact) mass is 500 g/mol. The summed E-state index contributed by atoms with van der Waals surface area (Å²) in [6, 6.07) is 9.08. The number of allylic oxidation sites excluding steroid dienone is 1. The van der Waals surface area contributed by atoms with Gasteiger partial charge in [0.15, 0.2) is 0 Å². The number of aromatic nitrogens is 1. The van der Waals surface area contributed by atoms with Crippen LogP contribution < -0.4 is 4.90 Å². The lowest BCUT2D eigenvalue weighted by molar-refractivity contribution is -0.146. The van der Waals surface area contributed by atoms with E-state index >= 15 is 0 Å². The number of alkyl halides is 3. The van der Waals surface area contributed by atoms with Crippen molar-refractivity contribution in [1.82, 2.24) is 4.98 Å².